The Balaban J connectivity index is 1.53. The number of carbonyl (C=O) groups excluding carboxylic acids is 2. The van der Waals surface area contributed by atoms with Gasteiger partial charge in [-0.2, -0.15) is 0 Å². The molecule has 2 amide bonds. The standard InChI is InChI=1S/C28H30N4O2S2/c1-3-17-35-27-29-23(19-21-11-7-5-8-12-21)25(33)31(27)15-16-32-26(34)24(30-28(32)36-18-4-2)20-22-13-9-6-10-14-22/h5-14,19-20H,3-4,15-18H2,1-2H3/b23-19-,24-20-. The Morgan fingerprint density at radius 1 is 0.667 bits per heavy atom. The van der Waals surface area contributed by atoms with Gasteiger partial charge in [0, 0.05) is 24.6 Å². The third kappa shape index (κ3) is 6.36. The molecule has 2 aliphatic heterocycles. The van der Waals surface area contributed by atoms with Crippen molar-refractivity contribution < 1.29 is 9.59 Å². The normalized spacial score (nSPS) is 17.9. The first-order valence-electron chi connectivity index (χ1n) is 12.2. The molecule has 0 radical (unpaired) electrons. The fraction of sp³-hybridized carbons (Fsp3) is 0.286. The summed E-state index contributed by atoms with van der Waals surface area (Å²) in [6, 6.07) is 19.5. The van der Waals surface area contributed by atoms with Crippen LogP contribution in [-0.2, 0) is 9.59 Å². The Kier molecular flexibility index (Phi) is 9.19. The maximum Gasteiger partial charge on any atom is 0.278 e. The van der Waals surface area contributed by atoms with Gasteiger partial charge in [0.1, 0.15) is 11.4 Å². The lowest BCUT2D eigenvalue weighted by Gasteiger charge is -2.23. The van der Waals surface area contributed by atoms with E-state index in [1.54, 1.807) is 33.3 Å². The molecule has 2 aromatic carbocycles. The van der Waals surface area contributed by atoms with Gasteiger partial charge in [-0.05, 0) is 36.1 Å². The number of thioether (sulfide) groups is 2. The van der Waals surface area contributed by atoms with Crippen LogP contribution in [-0.4, -0.2) is 56.5 Å². The lowest BCUT2D eigenvalue weighted by atomic mass is 10.2. The van der Waals surface area contributed by atoms with Crippen LogP contribution in [0.2, 0.25) is 0 Å². The second kappa shape index (κ2) is 12.7. The first kappa shape index (κ1) is 26.0. The van der Waals surface area contributed by atoms with Crippen LogP contribution >= 0.6 is 23.5 Å². The van der Waals surface area contributed by atoms with Crippen LogP contribution in [0, 0.1) is 0 Å². The van der Waals surface area contributed by atoms with Gasteiger partial charge in [-0.15, -0.1) is 0 Å². The molecule has 0 saturated heterocycles. The number of amidine groups is 2. The van der Waals surface area contributed by atoms with Crippen LogP contribution in [0.25, 0.3) is 12.2 Å². The number of benzene rings is 2. The number of carbonyl (C=O) groups is 2. The fourth-order valence-corrected chi connectivity index (χ4v) is 5.44. The van der Waals surface area contributed by atoms with Gasteiger partial charge in [-0.1, -0.05) is 98.0 Å². The summed E-state index contributed by atoms with van der Waals surface area (Å²) in [5.41, 5.74) is 2.71. The van der Waals surface area contributed by atoms with Gasteiger partial charge in [-0.3, -0.25) is 19.4 Å². The van der Waals surface area contributed by atoms with Crippen molar-refractivity contribution in [3.8, 4) is 0 Å². The molecule has 0 unspecified atom stereocenters. The molecule has 0 aliphatic carbocycles. The van der Waals surface area contributed by atoms with E-state index in [9.17, 15) is 9.59 Å². The number of amides is 2. The Morgan fingerprint density at radius 3 is 1.42 bits per heavy atom. The van der Waals surface area contributed by atoms with Crippen molar-refractivity contribution >= 4 is 57.8 Å². The lowest BCUT2D eigenvalue weighted by molar-refractivity contribution is -0.125. The van der Waals surface area contributed by atoms with E-state index in [0.29, 0.717) is 34.8 Å². The van der Waals surface area contributed by atoms with Gasteiger partial charge in [0.2, 0.25) is 0 Å². The highest BCUT2D eigenvalue weighted by Crippen LogP contribution is 2.27. The van der Waals surface area contributed by atoms with Gasteiger partial charge in [0.05, 0.1) is 0 Å². The molecule has 0 fully saturated rings. The van der Waals surface area contributed by atoms with E-state index in [2.05, 4.69) is 23.8 Å². The van der Waals surface area contributed by atoms with Crippen molar-refractivity contribution in [1.29, 1.82) is 0 Å². The number of hydrogen-bond acceptors (Lipinski definition) is 6. The highest BCUT2D eigenvalue weighted by molar-refractivity contribution is 8.14. The molecule has 2 heterocycles. The summed E-state index contributed by atoms with van der Waals surface area (Å²) in [7, 11) is 0. The summed E-state index contributed by atoms with van der Waals surface area (Å²) in [4.78, 5) is 39.3. The summed E-state index contributed by atoms with van der Waals surface area (Å²) < 4.78 is 0. The lowest BCUT2D eigenvalue weighted by Crippen LogP contribution is -2.41. The molecule has 6 nitrogen and oxygen atoms in total. The number of aliphatic imine (C=N–C) groups is 2. The van der Waals surface area contributed by atoms with E-state index >= 15 is 0 Å². The predicted octanol–water partition coefficient (Wildman–Crippen LogP) is 5.75. The van der Waals surface area contributed by atoms with Crippen molar-refractivity contribution in [2.24, 2.45) is 9.98 Å². The summed E-state index contributed by atoms with van der Waals surface area (Å²) in [6.07, 6.45) is 5.60. The van der Waals surface area contributed by atoms with Gasteiger partial charge in [-0.25, -0.2) is 9.98 Å². The Morgan fingerprint density at radius 2 is 1.06 bits per heavy atom. The number of rotatable bonds is 9. The fourth-order valence-electron chi connectivity index (χ4n) is 3.68. The Bertz CT molecular complexity index is 1110. The first-order valence-corrected chi connectivity index (χ1v) is 14.2. The first-order chi connectivity index (χ1) is 17.6. The summed E-state index contributed by atoms with van der Waals surface area (Å²) in [5.74, 6) is 1.47. The third-order valence-corrected chi connectivity index (χ3v) is 7.81. The predicted molar refractivity (Wildman–Crippen MR) is 153 cm³/mol. The summed E-state index contributed by atoms with van der Waals surface area (Å²) in [5, 5.41) is 1.38. The van der Waals surface area contributed by atoms with Crippen molar-refractivity contribution in [1.82, 2.24) is 9.80 Å². The Hall–Kier alpha value is -3.10. The van der Waals surface area contributed by atoms with Crippen LogP contribution in [0.1, 0.15) is 37.8 Å². The average Bonchev–Trinajstić information content (AvgIpc) is 3.36. The minimum absolute atomic E-state index is 0.135. The van der Waals surface area contributed by atoms with Crippen LogP contribution in [0.15, 0.2) is 82.0 Å². The van der Waals surface area contributed by atoms with Gasteiger partial charge < -0.3 is 0 Å². The van der Waals surface area contributed by atoms with Crippen LogP contribution in [0.5, 0.6) is 0 Å². The molecule has 2 aliphatic rings. The molecular formula is C28H30N4O2S2. The van der Waals surface area contributed by atoms with E-state index in [-0.39, 0.29) is 11.8 Å². The van der Waals surface area contributed by atoms with E-state index in [4.69, 9.17) is 0 Å². The quantitative estimate of drug-likeness (QED) is 0.397. The summed E-state index contributed by atoms with van der Waals surface area (Å²) in [6.45, 7) is 4.92. The minimum Gasteiger partial charge on any atom is -0.284 e. The molecule has 0 spiro atoms. The second-order valence-corrected chi connectivity index (χ2v) is 10.4. The minimum atomic E-state index is -0.135. The molecule has 0 saturated carbocycles. The molecule has 2 aromatic rings. The molecule has 0 N–H and O–H groups in total. The zero-order valence-electron chi connectivity index (χ0n) is 20.6. The van der Waals surface area contributed by atoms with Crippen LogP contribution < -0.4 is 0 Å². The van der Waals surface area contributed by atoms with Crippen LogP contribution in [0.3, 0.4) is 0 Å². The molecular weight excluding hydrogens is 488 g/mol. The second-order valence-electron chi connectivity index (χ2n) is 8.28. The van der Waals surface area contributed by atoms with Gasteiger partial charge in [0.15, 0.2) is 10.3 Å². The molecule has 0 aromatic heterocycles. The Labute approximate surface area is 221 Å². The van der Waals surface area contributed by atoms with Gasteiger partial charge in [0.25, 0.3) is 11.8 Å². The maximum absolute atomic E-state index is 13.3. The molecule has 8 heteroatoms. The molecule has 186 valence electrons. The summed E-state index contributed by atoms with van der Waals surface area (Å²) >= 11 is 3.15. The van der Waals surface area contributed by atoms with Gasteiger partial charge >= 0.3 is 0 Å². The van der Waals surface area contributed by atoms with Crippen molar-refractivity contribution in [2.45, 2.75) is 26.7 Å². The molecule has 0 bridgehead atoms. The number of hydrogen-bond donors (Lipinski definition) is 0. The SMILES string of the molecule is CCCSC1=N/C(=C\c2ccccc2)C(=O)N1CCN1C(=O)/C(=C/c2ccccc2)N=C1SCCC. The largest absolute Gasteiger partial charge is 0.284 e. The van der Waals surface area contributed by atoms with E-state index in [0.717, 1.165) is 35.5 Å². The monoisotopic (exact) mass is 518 g/mol. The van der Waals surface area contributed by atoms with Crippen LogP contribution in [0.4, 0.5) is 0 Å². The third-order valence-electron chi connectivity index (χ3n) is 5.45. The zero-order chi connectivity index (χ0) is 25.3. The highest BCUT2D eigenvalue weighted by atomic mass is 32.2. The maximum atomic E-state index is 13.3. The van der Waals surface area contributed by atoms with E-state index in [1.165, 1.54) is 0 Å². The van der Waals surface area contributed by atoms with E-state index in [1.807, 2.05) is 72.8 Å². The van der Waals surface area contributed by atoms with E-state index < -0.39 is 0 Å². The molecule has 36 heavy (non-hydrogen) atoms. The number of nitrogens with zero attached hydrogens (tertiary/aromatic N) is 4. The molecule has 4 rings (SSSR count). The smallest absolute Gasteiger partial charge is 0.278 e. The zero-order valence-corrected chi connectivity index (χ0v) is 22.2. The van der Waals surface area contributed by atoms with Crippen molar-refractivity contribution in [2.75, 3.05) is 24.6 Å². The van der Waals surface area contributed by atoms with Crippen molar-refractivity contribution in [3.63, 3.8) is 0 Å². The van der Waals surface area contributed by atoms with Crippen molar-refractivity contribution in [3.05, 3.63) is 83.2 Å². The molecule has 0 atom stereocenters. The topological polar surface area (TPSA) is 65.3 Å². The average molecular weight is 519 g/mol. The highest BCUT2D eigenvalue weighted by Gasteiger charge is 2.34.